The molecule has 1 unspecified atom stereocenters. The maximum absolute atomic E-state index is 12.1. The van der Waals surface area contributed by atoms with E-state index in [0.717, 1.165) is 0 Å². The van der Waals surface area contributed by atoms with Crippen molar-refractivity contribution < 1.29 is 19.8 Å². The van der Waals surface area contributed by atoms with Gasteiger partial charge in [0.15, 0.2) is 0 Å². The van der Waals surface area contributed by atoms with Gasteiger partial charge in [-0.3, -0.25) is 9.59 Å². The summed E-state index contributed by atoms with van der Waals surface area (Å²) in [4.78, 5) is 25.4. The van der Waals surface area contributed by atoms with Crippen molar-refractivity contribution in [2.75, 3.05) is 18.4 Å². The van der Waals surface area contributed by atoms with Crippen LogP contribution in [0.4, 0.5) is 5.69 Å². The summed E-state index contributed by atoms with van der Waals surface area (Å²) in [5.74, 6) is -0.401. The van der Waals surface area contributed by atoms with Crippen LogP contribution in [-0.4, -0.2) is 51.7 Å². The van der Waals surface area contributed by atoms with Gasteiger partial charge in [0.25, 0.3) is 0 Å². The molecular weight excluding hydrogens is 284 g/mol. The molecule has 1 aromatic carbocycles. The largest absolute Gasteiger partial charge is 0.388 e. The maximum atomic E-state index is 12.1. The molecule has 0 saturated carbocycles. The molecule has 6 nitrogen and oxygen atoms in total. The molecule has 1 aromatic rings. The van der Waals surface area contributed by atoms with Gasteiger partial charge in [0.2, 0.25) is 11.8 Å². The molecule has 1 aliphatic rings. The molecular formula is C16H22N2O4. The Labute approximate surface area is 129 Å². The molecule has 2 rings (SSSR count). The monoisotopic (exact) mass is 306 g/mol. The summed E-state index contributed by atoms with van der Waals surface area (Å²) < 4.78 is 0. The first-order valence-corrected chi connectivity index (χ1v) is 7.41. The molecule has 22 heavy (non-hydrogen) atoms. The number of aliphatic hydroxyl groups excluding tert-OH is 1. The third-order valence-corrected chi connectivity index (χ3v) is 3.98. The van der Waals surface area contributed by atoms with Gasteiger partial charge >= 0.3 is 0 Å². The van der Waals surface area contributed by atoms with Gasteiger partial charge in [0, 0.05) is 31.6 Å². The summed E-state index contributed by atoms with van der Waals surface area (Å²) in [7, 11) is 0. The zero-order valence-electron chi connectivity index (χ0n) is 12.7. The lowest BCUT2D eigenvalue weighted by Gasteiger charge is -2.39. The Morgan fingerprint density at radius 3 is 2.64 bits per heavy atom. The van der Waals surface area contributed by atoms with E-state index in [4.69, 9.17) is 0 Å². The van der Waals surface area contributed by atoms with E-state index in [1.807, 2.05) is 18.2 Å². The van der Waals surface area contributed by atoms with E-state index in [9.17, 15) is 19.8 Å². The molecule has 1 fully saturated rings. The van der Waals surface area contributed by atoms with Crippen molar-refractivity contribution in [1.29, 1.82) is 0 Å². The average molecular weight is 306 g/mol. The molecule has 3 N–H and O–H groups in total. The predicted molar refractivity (Wildman–Crippen MR) is 82.1 cm³/mol. The van der Waals surface area contributed by atoms with E-state index in [0.29, 0.717) is 18.7 Å². The fourth-order valence-corrected chi connectivity index (χ4v) is 2.37. The first-order chi connectivity index (χ1) is 10.4. The van der Waals surface area contributed by atoms with Gasteiger partial charge in [-0.2, -0.15) is 0 Å². The minimum Gasteiger partial charge on any atom is -0.388 e. The van der Waals surface area contributed by atoms with Crippen LogP contribution in [0.2, 0.25) is 0 Å². The third kappa shape index (κ3) is 4.29. The van der Waals surface area contributed by atoms with Gasteiger partial charge in [-0.25, -0.2) is 0 Å². The number of nitrogens with one attached hydrogen (secondary N) is 1. The quantitative estimate of drug-likeness (QED) is 0.766. The molecule has 1 aliphatic heterocycles. The van der Waals surface area contributed by atoms with E-state index in [1.54, 1.807) is 19.1 Å². The lowest BCUT2D eigenvalue weighted by Crippen LogP contribution is -2.55. The summed E-state index contributed by atoms with van der Waals surface area (Å²) >= 11 is 0. The smallest absolute Gasteiger partial charge is 0.224 e. The fourth-order valence-electron chi connectivity index (χ4n) is 2.37. The second-order valence-electron chi connectivity index (χ2n) is 5.88. The second-order valence-corrected chi connectivity index (χ2v) is 5.88. The Bertz CT molecular complexity index is 530. The van der Waals surface area contributed by atoms with Crippen molar-refractivity contribution in [3.8, 4) is 0 Å². The van der Waals surface area contributed by atoms with E-state index < -0.39 is 11.7 Å². The molecule has 0 aromatic heterocycles. The lowest BCUT2D eigenvalue weighted by molar-refractivity contribution is -0.147. The van der Waals surface area contributed by atoms with Crippen LogP contribution in [0.25, 0.3) is 0 Å². The van der Waals surface area contributed by atoms with Gasteiger partial charge in [0.05, 0.1) is 11.7 Å². The Kier molecular flexibility index (Phi) is 5.15. The van der Waals surface area contributed by atoms with Gasteiger partial charge < -0.3 is 20.4 Å². The Hall–Kier alpha value is -1.92. The highest BCUT2D eigenvalue weighted by Gasteiger charge is 2.37. The second kappa shape index (κ2) is 6.89. The van der Waals surface area contributed by atoms with Gasteiger partial charge in [-0.1, -0.05) is 18.2 Å². The van der Waals surface area contributed by atoms with Crippen molar-refractivity contribution in [3.63, 3.8) is 0 Å². The Morgan fingerprint density at radius 1 is 1.32 bits per heavy atom. The number of carbonyl (C=O) groups is 2. The number of likely N-dealkylation sites (tertiary alicyclic amines) is 1. The molecule has 2 amide bonds. The number of aliphatic hydroxyl groups is 2. The highest BCUT2D eigenvalue weighted by Crippen LogP contribution is 2.22. The number of carbonyl (C=O) groups excluding carboxylic acids is 2. The average Bonchev–Trinajstić information content (AvgIpc) is 2.48. The summed E-state index contributed by atoms with van der Waals surface area (Å²) in [5, 5.41) is 22.4. The van der Waals surface area contributed by atoms with E-state index >= 15 is 0 Å². The molecule has 2 atom stereocenters. The van der Waals surface area contributed by atoms with Crippen molar-refractivity contribution in [3.05, 3.63) is 30.3 Å². The highest BCUT2D eigenvalue weighted by molar-refractivity contribution is 5.93. The molecule has 0 spiro atoms. The zero-order chi connectivity index (χ0) is 16.2. The summed E-state index contributed by atoms with van der Waals surface area (Å²) in [6.07, 6.45) is -0.441. The first kappa shape index (κ1) is 16.5. The normalized spacial score (nSPS) is 24.9. The van der Waals surface area contributed by atoms with E-state index in [-0.39, 0.29) is 31.2 Å². The van der Waals surface area contributed by atoms with Crippen LogP contribution in [0.3, 0.4) is 0 Å². The van der Waals surface area contributed by atoms with Gasteiger partial charge in [0.1, 0.15) is 0 Å². The summed E-state index contributed by atoms with van der Waals surface area (Å²) in [6.45, 7) is 2.06. The molecule has 6 heteroatoms. The number of piperidine rings is 1. The van der Waals surface area contributed by atoms with E-state index in [2.05, 4.69) is 5.32 Å². The van der Waals surface area contributed by atoms with Crippen molar-refractivity contribution in [1.82, 2.24) is 4.90 Å². The minimum atomic E-state index is -1.15. The number of para-hydroxylation sites is 1. The third-order valence-electron chi connectivity index (χ3n) is 3.98. The Balaban J connectivity index is 1.77. The van der Waals surface area contributed by atoms with Crippen LogP contribution in [0.15, 0.2) is 30.3 Å². The summed E-state index contributed by atoms with van der Waals surface area (Å²) in [5.41, 5.74) is -0.453. The van der Waals surface area contributed by atoms with Gasteiger partial charge in [-0.05, 0) is 25.5 Å². The van der Waals surface area contributed by atoms with Crippen LogP contribution < -0.4 is 5.32 Å². The Morgan fingerprint density at radius 2 is 2.00 bits per heavy atom. The highest BCUT2D eigenvalue weighted by atomic mass is 16.3. The molecule has 1 heterocycles. The molecule has 1 saturated heterocycles. The number of amides is 2. The summed E-state index contributed by atoms with van der Waals surface area (Å²) in [6, 6.07) is 9.06. The van der Waals surface area contributed by atoms with Crippen molar-refractivity contribution in [2.45, 2.75) is 37.9 Å². The van der Waals surface area contributed by atoms with Crippen LogP contribution >= 0.6 is 0 Å². The molecule has 0 bridgehead atoms. The maximum Gasteiger partial charge on any atom is 0.224 e. The van der Waals surface area contributed by atoms with Crippen LogP contribution in [0.5, 0.6) is 0 Å². The van der Waals surface area contributed by atoms with Crippen molar-refractivity contribution >= 4 is 17.5 Å². The molecule has 0 aliphatic carbocycles. The van der Waals surface area contributed by atoms with Crippen LogP contribution in [-0.2, 0) is 9.59 Å². The molecule has 120 valence electrons. The number of β-amino-alcohol motifs (C(OH)–C–C–N with tert-alkyl or cyclic N) is 1. The standard InChI is InChI=1S/C16H22N2O4/c1-16(22)9-10-18(11-13(16)19)15(21)8-7-14(20)17-12-5-3-2-4-6-12/h2-6,13,19,22H,7-11H2,1H3,(H,17,20)/t13?,16-/m1/s1. The first-order valence-electron chi connectivity index (χ1n) is 7.41. The number of hydrogen-bond acceptors (Lipinski definition) is 4. The SMILES string of the molecule is C[C@@]1(O)CCN(C(=O)CCC(=O)Nc2ccccc2)CC1O. The number of benzene rings is 1. The van der Waals surface area contributed by atoms with Gasteiger partial charge in [-0.15, -0.1) is 0 Å². The van der Waals surface area contributed by atoms with Crippen LogP contribution in [0, 0.1) is 0 Å². The predicted octanol–water partition coefficient (Wildman–Crippen LogP) is 0.749. The number of rotatable bonds is 4. The number of hydrogen-bond donors (Lipinski definition) is 3. The molecule has 0 radical (unpaired) electrons. The van der Waals surface area contributed by atoms with Crippen LogP contribution in [0.1, 0.15) is 26.2 Å². The minimum absolute atomic E-state index is 0.0908. The van der Waals surface area contributed by atoms with Crippen molar-refractivity contribution in [2.24, 2.45) is 0 Å². The topological polar surface area (TPSA) is 89.9 Å². The number of nitrogens with zero attached hydrogens (tertiary/aromatic N) is 1. The van der Waals surface area contributed by atoms with E-state index in [1.165, 1.54) is 4.90 Å². The number of anilines is 1. The lowest BCUT2D eigenvalue weighted by atomic mass is 9.90. The zero-order valence-corrected chi connectivity index (χ0v) is 12.7. The fraction of sp³-hybridized carbons (Fsp3) is 0.500.